The fraction of sp³-hybridized carbons (Fsp3) is 0.368. The second kappa shape index (κ2) is 8.16. The molecule has 2 rings (SSSR count). The Kier molecular flexibility index (Phi) is 6.65. The molecule has 6 heteroatoms. The fourth-order valence-corrected chi connectivity index (χ4v) is 8.38. The molecule has 136 valence electrons. The zero-order valence-corrected chi connectivity index (χ0v) is 18.7. The molecular formula is C19H26BrNO2SSi. The van der Waals surface area contributed by atoms with Crippen LogP contribution in [0.1, 0.15) is 17.5 Å². The van der Waals surface area contributed by atoms with Crippen molar-refractivity contribution in [2.24, 2.45) is 0 Å². The fourth-order valence-electron chi connectivity index (χ4n) is 2.77. The van der Waals surface area contributed by atoms with Gasteiger partial charge in [-0.05, 0) is 43.5 Å². The standard InChI is InChI=1S/C19H26BrNO2SSi/c1-16-11-13-18(14-12-16)24(22,23)21(25(2,3)4)15-7-9-17-8-5-6-10-19(17)20/h5-6,8,10-14H,7,9,15H2,1-4H3. The molecule has 0 saturated heterocycles. The van der Waals surface area contributed by atoms with E-state index in [1.807, 2.05) is 37.3 Å². The number of sulfonamides is 1. The topological polar surface area (TPSA) is 37.4 Å². The molecule has 0 aliphatic rings. The van der Waals surface area contributed by atoms with Crippen molar-refractivity contribution in [1.82, 2.24) is 3.97 Å². The molecule has 25 heavy (non-hydrogen) atoms. The lowest BCUT2D eigenvalue weighted by Crippen LogP contribution is -2.50. The molecule has 0 bridgehead atoms. The second-order valence-corrected chi connectivity index (χ2v) is 15.2. The van der Waals surface area contributed by atoms with E-state index in [0.717, 1.165) is 22.9 Å². The Morgan fingerprint density at radius 2 is 1.60 bits per heavy atom. The zero-order valence-electron chi connectivity index (χ0n) is 15.3. The number of hydrogen-bond acceptors (Lipinski definition) is 2. The third kappa shape index (κ3) is 5.26. The van der Waals surface area contributed by atoms with Gasteiger partial charge in [0.25, 0.3) is 0 Å². The van der Waals surface area contributed by atoms with Crippen LogP contribution in [0.4, 0.5) is 0 Å². The maximum atomic E-state index is 13.2. The summed E-state index contributed by atoms with van der Waals surface area (Å²) < 4.78 is 29.1. The summed E-state index contributed by atoms with van der Waals surface area (Å²) in [6.07, 6.45) is 1.66. The molecule has 0 aliphatic heterocycles. The van der Waals surface area contributed by atoms with Crippen LogP contribution in [0.3, 0.4) is 0 Å². The second-order valence-electron chi connectivity index (χ2n) is 7.26. The quantitative estimate of drug-likeness (QED) is 0.554. The smallest absolute Gasteiger partial charge is 0.220 e. The molecule has 0 spiro atoms. The van der Waals surface area contributed by atoms with Crippen molar-refractivity contribution in [2.75, 3.05) is 6.54 Å². The van der Waals surface area contributed by atoms with Gasteiger partial charge in [0.2, 0.25) is 10.0 Å². The van der Waals surface area contributed by atoms with Crippen LogP contribution in [0.2, 0.25) is 19.6 Å². The monoisotopic (exact) mass is 439 g/mol. The van der Waals surface area contributed by atoms with Crippen molar-refractivity contribution in [1.29, 1.82) is 0 Å². The van der Waals surface area contributed by atoms with Crippen LogP contribution >= 0.6 is 15.9 Å². The lowest BCUT2D eigenvalue weighted by molar-refractivity contribution is 0.513. The predicted octanol–water partition coefficient (Wildman–Crippen LogP) is 5.22. The Balaban J connectivity index is 2.19. The van der Waals surface area contributed by atoms with Crippen molar-refractivity contribution in [2.45, 2.75) is 44.3 Å². The maximum Gasteiger partial charge on any atom is 0.237 e. The van der Waals surface area contributed by atoms with Gasteiger partial charge in [0.1, 0.15) is 8.24 Å². The van der Waals surface area contributed by atoms with Crippen LogP contribution in [-0.2, 0) is 16.4 Å². The van der Waals surface area contributed by atoms with Gasteiger partial charge in [-0.15, -0.1) is 0 Å². The molecule has 0 unspecified atom stereocenters. The number of aryl methyl sites for hydroxylation is 2. The van der Waals surface area contributed by atoms with Crippen LogP contribution in [0, 0.1) is 6.92 Å². The summed E-state index contributed by atoms with van der Waals surface area (Å²) >= 11 is 3.56. The normalized spacial score (nSPS) is 12.6. The first-order chi connectivity index (χ1) is 11.6. The van der Waals surface area contributed by atoms with Gasteiger partial charge >= 0.3 is 0 Å². The molecule has 2 aromatic carbocycles. The van der Waals surface area contributed by atoms with E-state index in [1.54, 1.807) is 16.1 Å². The van der Waals surface area contributed by atoms with Crippen molar-refractivity contribution in [3.8, 4) is 0 Å². The molecule has 0 N–H and O–H groups in total. The van der Waals surface area contributed by atoms with Crippen molar-refractivity contribution in [3.63, 3.8) is 0 Å². The number of rotatable bonds is 7. The van der Waals surface area contributed by atoms with Gasteiger partial charge in [0.05, 0.1) is 4.90 Å². The van der Waals surface area contributed by atoms with Gasteiger partial charge in [-0.2, -0.15) is 0 Å². The Hall–Kier alpha value is -0.953. The maximum absolute atomic E-state index is 13.2. The van der Waals surface area contributed by atoms with Gasteiger partial charge in [0, 0.05) is 11.0 Å². The highest BCUT2D eigenvalue weighted by atomic mass is 79.9. The van der Waals surface area contributed by atoms with Crippen molar-refractivity contribution < 1.29 is 8.42 Å². The summed E-state index contributed by atoms with van der Waals surface area (Å²) in [5.74, 6) is 0. The summed E-state index contributed by atoms with van der Waals surface area (Å²) in [5.41, 5.74) is 2.28. The van der Waals surface area contributed by atoms with E-state index in [2.05, 4.69) is 41.6 Å². The van der Waals surface area contributed by atoms with E-state index in [9.17, 15) is 8.42 Å². The van der Waals surface area contributed by atoms with E-state index in [1.165, 1.54) is 5.56 Å². The average Bonchev–Trinajstić information content (AvgIpc) is 2.52. The molecule has 0 amide bonds. The molecule has 0 aromatic heterocycles. The summed E-state index contributed by atoms with van der Waals surface area (Å²) in [7, 11) is -5.49. The lowest BCUT2D eigenvalue weighted by Gasteiger charge is -2.33. The van der Waals surface area contributed by atoms with Crippen molar-refractivity contribution >= 4 is 34.2 Å². The molecule has 0 aliphatic carbocycles. The van der Waals surface area contributed by atoms with E-state index in [4.69, 9.17) is 0 Å². The SMILES string of the molecule is Cc1ccc(S(=O)(=O)N(CCCc2ccccc2Br)[Si](C)(C)C)cc1. The highest BCUT2D eigenvalue weighted by Gasteiger charge is 2.34. The van der Waals surface area contributed by atoms with E-state index in [-0.39, 0.29) is 0 Å². The van der Waals surface area contributed by atoms with E-state index < -0.39 is 18.3 Å². The molecule has 3 nitrogen and oxygen atoms in total. The van der Waals surface area contributed by atoms with Crippen molar-refractivity contribution in [3.05, 3.63) is 64.1 Å². The minimum Gasteiger partial charge on any atom is -0.220 e. The Morgan fingerprint density at radius 1 is 1.00 bits per heavy atom. The van der Waals surface area contributed by atoms with Crippen LogP contribution in [-0.4, -0.2) is 27.2 Å². The van der Waals surface area contributed by atoms with Gasteiger partial charge < -0.3 is 0 Å². The minimum absolute atomic E-state index is 0.390. The van der Waals surface area contributed by atoms with Gasteiger partial charge in [-0.1, -0.05) is 71.5 Å². The molecule has 2 aromatic rings. The zero-order chi connectivity index (χ0) is 18.7. The largest absolute Gasteiger partial charge is 0.237 e. The molecule has 0 heterocycles. The number of benzene rings is 2. The summed E-state index contributed by atoms with van der Waals surface area (Å²) in [6.45, 7) is 8.75. The summed E-state index contributed by atoms with van der Waals surface area (Å²) in [4.78, 5) is 0.390. The molecule has 0 atom stereocenters. The third-order valence-corrected chi connectivity index (χ3v) is 10.6. The Morgan fingerprint density at radius 3 is 2.16 bits per heavy atom. The van der Waals surface area contributed by atoms with Gasteiger partial charge in [-0.3, -0.25) is 0 Å². The lowest BCUT2D eigenvalue weighted by atomic mass is 10.1. The first-order valence-electron chi connectivity index (χ1n) is 8.45. The number of nitrogens with zero attached hydrogens (tertiary/aromatic N) is 1. The van der Waals surface area contributed by atoms with Gasteiger partial charge in [0.15, 0.2) is 0 Å². The van der Waals surface area contributed by atoms with E-state index in [0.29, 0.717) is 11.4 Å². The van der Waals surface area contributed by atoms with Gasteiger partial charge in [-0.25, -0.2) is 12.4 Å². The molecular weight excluding hydrogens is 414 g/mol. The molecule has 0 radical (unpaired) electrons. The first-order valence-corrected chi connectivity index (χ1v) is 14.1. The average molecular weight is 440 g/mol. The van der Waals surface area contributed by atoms with Crippen LogP contribution in [0.5, 0.6) is 0 Å². The Bertz CT molecular complexity index is 814. The summed E-state index contributed by atoms with van der Waals surface area (Å²) in [5, 5.41) is 0. The van der Waals surface area contributed by atoms with Crippen LogP contribution in [0.25, 0.3) is 0 Å². The summed E-state index contributed by atoms with van der Waals surface area (Å²) in [6, 6.07) is 15.2. The third-order valence-electron chi connectivity index (χ3n) is 4.12. The number of halogens is 1. The highest BCUT2D eigenvalue weighted by Crippen LogP contribution is 2.24. The highest BCUT2D eigenvalue weighted by molar-refractivity contribution is 9.10. The van der Waals surface area contributed by atoms with E-state index >= 15 is 0 Å². The molecule has 0 fully saturated rings. The van der Waals surface area contributed by atoms with Crippen LogP contribution < -0.4 is 0 Å². The Labute approximate surface area is 161 Å². The minimum atomic E-state index is -3.46. The molecule has 0 saturated carbocycles. The van der Waals surface area contributed by atoms with Crippen LogP contribution in [0.15, 0.2) is 57.9 Å². The number of hydrogen-bond donors (Lipinski definition) is 0. The predicted molar refractivity (Wildman–Crippen MR) is 111 cm³/mol. The first kappa shape index (κ1) is 20.4.